The number of nitrogens with zero attached hydrogens (tertiary/aromatic N) is 3. The molecule has 4 rings (SSSR count). The summed E-state index contributed by atoms with van der Waals surface area (Å²) in [5.41, 5.74) is 0.924. The average Bonchev–Trinajstić information content (AvgIpc) is 3.54. The second-order valence-electron chi connectivity index (χ2n) is 6.49. The first kappa shape index (κ1) is 18.5. The maximum absolute atomic E-state index is 12.6. The van der Waals surface area contributed by atoms with Crippen LogP contribution < -0.4 is 0 Å². The lowest BCUT2D eigenvalue weighted by Crippen LogP contribution is -2.07. The summed E-state index contributed by atoms with van der Waals surface area (Å²) in [5, 5.41) is -0.284. The topological polar surface area (TPSA) is 72.8 Å². The van der Waals surface area contributed by atoms with Crippen molar-refractivity contribution in [2.75, 3.05) is 0 Å². The minimum atomic E-state index is -4.51. The van der Waals surface area contributed by atoms with Crippen LogP contribution in [0, 0.1) is 0 Å². The van der Waals surface area contributed by atoms with Crippen molar-refractivity contribution in [3.63, 3.8) is 0 Å². The van der Waals surface area contributed by atoms with Gasteiger partial charge >= 0.3 is 6.18 Å². The van der Waals surface area contributed by atoms with Gasteiger partial charge in [-0.2, -0.15) is 13.2 Å². The third-order valence-corrected chi connectivity index (χ3v) is 6.70. The van der Waals surface area contributed by atoms with Crippen LogP contribution in [0.2, 0.25) is 0 Å². The molecule has 2 aromatic heterocycles. The highest BCUT2D eigenvalue weighted by molar-refractivity contribution is 7.92. The maximum Gasteiger partial charge on any atom is 0.433 e. The van der Waals surface area contributed by atoms with E-state index in [-0.39, 0.29) is 10.1 Å². The number of rotatable bonds is 4. The summed E-state index contributed by atoms with van der Waals surface area (Å²) in [7, 11) is -3.27. The van der Waals surface area contributed by atoms with Crippen LogP contribution in [0.15, 0.2) is 59.9 Å². The van der Waals surface area contributed by atoms with Crippen molar-refractivity contribution in [3.8, 4) is 22.5 Å². The molecule has 144 valence electrons. The zero-order valence-electron chi connectivity index (χ0n) is 14.4. The Morgan fingerprint density at radius 2 is 1.46 bits per heavy atom. The van der Waals surface area contributed by atoms with Gasteiger partial charge in [0.15, 0.2) is 9.84 Å². The Labute approximate surface area is 159 Å². The molecule has 1 aliphatic carbocycles. The lowest BCUT2D eigenvalue weighted by molar-refractivity contribution is -0.141. The molecule has 0 radical (unpaired) electrons. The number of halogens is 3. The molecule has 0 unspecified atom stereocenters. The molecule has 0 amide bonds. The average molecular weight is 405 g/mol. The van der Waals surface area contributed by atoms with Gasteiger partial charge in [-0.3, -0.25) is 9.97 Å². The molecule has 9 heteroatoms. The molecule has 3 aromatic rings. The van der Waals surface area contributed by atoms with Crippen molar-refractivity contribution in [3.05, 3.63) is 60.7 Å². The normalized spacial score (nSPS) is 14.8. The van der Waals surface area contributed by atoms with Crippen molar-refractivity contribution < 1.29 is 21.6 Å². The molecule has 0 spiro atoms. The van der Waals surface area contributed by atoms with E-state index < -0.39 is 21.7 Å². The Hall–Kier alpha value is -2.81. The third-order valence-electron chi connectivity index (χ3n) is 4.43. The highest BCUT2D eigenvalue weighted by atomic mass is 32.2. The standard InChI is InChI=1S/C19H14F3N3O2S/c20-19(21,22)18-8-3-13(9-24-18)17-11-23-10-16(25-17)12-1-4-14(5-2-12)28(26,27)15-6-7-15/h1-5,8-11,15H,6-7H2. The molecule has 0 aliphatic heterocycles. The minimum absolute atomic E-state index is 0.273. The van der Waals surface area contributed by atoms with E-state index in [9.17, 15) is 21.6 Å². The Morgan fingerprint density at radius 3 is 2.00 bits per heavy atom. The number of benzene rings is 1. The first-order chi connectivity index (χ1) is 13.2. The van der Waals surface area contributed by atoms with Crippen LogP contribution >= 0.6 is 0 Å². The first-order valence-electron chi connectivity index (χ1n) is 8.45. The molecule has 1 aliphatic rings. The van der Waals surface area contributed by atoms with Gasteiger partial charge in [-0.25, -0.2) is 13.4 Å². The van der Waals surface area contributed by atoms with Crippen LogP contribution in [0.4, 0.5) is 13.2 Å². The number of sulfone groups is 1. The first-order valence-corrected chi connectivity index (χ1v) is 10.00. The molecule has 0 bridgehead atoms. The van der Waals surface area contributed by atoms with Gasteiger partial charge in [0.05, 0.1) is 33.9 Å². The Kier molecular flexibility index (Phi) is 4.41. The van der Waals surface area contributed by atoms with Gasteiger partial charge in [0.2, 0.25) is 0 Å². The van der Waals surface area contributed by atoms with Crippen molar-refractivity contribution >= 4 is 9.84 Å². The predicted octanol–water partition coefficient (Wildman–Crippen LogP) is 4.16. The van der Waals surface area contributed by atoms with E-state index in [2.05, 4.69) is 15.0 Å². The van der Waals surface area contributed by atoms with E-state index in [0.29, 0.717) is 35.4 Å². The lowest BCUT2D eigenvalue weighted by Gasteiger charge is -2.08. The van der Waals surface area contributed by atoms with Gasteiger partial charge in [0, 0.05) is 17.3 Å². The highest BCUT2D eigenvalue weighted by Gasteiger charge is 2.36. The predicted molar refractivity (Wildman–Crippen MR) is 95.9 cm³/mol. The summed E-state index contributed by atoms with van der Waals surface area (Å²) in [6, 6.07) is 8.55. The number of pyridine rings is 1. The SMILES string of the molecule is O=S(=O)(c1ccc(-c2cncc(-c3ccc(C(F)(F)F)nc3)n2)cc1)C1CC1. The Balaban J connectivity index is 1.62. The van der Waals surface area contributed by atoms with Gasteiger partial charge < -0.3 is 0 Å². The minimum Gasteiger partial charge on any atom is -0.260 e. The van der Waals surface area contributed by atoms with Crippen LogP contribution in [-0.2, 0) is 16.0 Å². The monoisotopic (exact) mass is 405 g/mol. The fourth-order valence-electron chi connectivity index (χ4n) is 2.74. The van der Waals surface area contributed by atoms with Crippen LogP contribution in [0.5, 0.6) is 0 Å². The molecule has 0 atom stereocenters. The van der Waals surface area contributed by atoms with Gasteiger partial charge in [-0.1, -0.05) is 12.1 Å². The molecule has 5 nitrogen and oxygen atoms in total. The summed E-state index contributed by atoms with van der Waals surface area (Å²) >= 11 is 0. The zero-order valence-corrected chi connectivity index (χ0v) is 15.2. The molecule has 1 saturated carbocycles. The number of alkyl halides is 3. The molecule has 0 saturated heterocycles. The molecule has 1 aromatic carbocycles. The summed E-state index contributed by atoms with van der Waals surface area (Å²) in [5.74, 6) is 0. The fraction of sp³-hybridized carbons (Fsp3) is 0.211. The molecule has 28 heavy (non-hydrogen) atoms. The molecular weight excluding hydrogens is 391 g/mol. The summed E-state index contributed by atoms with van der Waals surface area (Å²) < 4.78 is 62.5. The van der Waals surface area contributed by atoms with E-state index in [0.717, 1.165) is 12.3 Å². The van der Waals surface area contributed by atoms with Crippen LogP contribution in [0.1, 0.15) is 18.5 Å². The van der Waals surface area contributed by atoms with Crippen molar-refractivity contribution in [2.45, 2.75) is 29.2 Å². The third kappa shape index (κ3) is 3.62. The molecule has 2 heterocycles. The van der Waals surface area contributed by atoms with Crippen LogP contribution in [0.25, 0.3) is 22.5 Å². The molecule has 1 fully saturated rings. The molecule has 0 N–H and O–H groups in total. The van der Waals surface area contributed by atoms with Gasteiger partial charge in [0.25, 0.3) is 0 Å². The number of aromatic nitrogens is 3. The Morgan fingerprint density at radius 1 is 0.857 bits per heavy atom. The van der Waals surface area contributed by atoms with E-state index in [1.807, 2.05) is 0 Å². The molecular formula is C19H14F3N3O2S. The summed E-state index contributed by atoms with van der Waals surface area (Å²) in [4.78, 5) is 12.2. The van der Waals surface area contributed by atoms with Gasteiger partial charge in [-0.15, -0.1) is 0 Å². The zero-order chi connectivity index (χ0) is 19.9. The lowest BCUT2D eigenvalue weighted by atomic mass is 10.1. The number of hydrogen-bond acceptors (Lipinski definition) is 5. The fourth-order valence-corrected chi connectivity index (χ4v) is 4.40. The van der Waals surface area contributed by atoms with E-state index in [4.69, 9.17) is 0 Å². The smallest absolute Gasteiger partial charge is 0.260 e. The second-order valence-corrected chi connectivity index (χ2v) is 8.72. The quantitative estimate of drug-likeness (QED) is 0.652. The van der Waals surface area contributed by atoms with Gasteiger partial charge in [0.1, 0.15) is 5.69 Å². The number of hydrogen-bond donors (Lipinski definition) is 0. The van der Waals surface area contributed by atoms with Crippen molar-refractivity contribution in [1.29, 1.82) is 0 Å². The van der Waals surface area contributed by atoms with Crippen molar-refractivity contribution in [2.24, 2.45) is 0 Å². The Bertz CT molecular complexity index is 1110. The van der Waals surface area contributed by atoms with E-state index in [1.165, 1.54) is 30.6 Å². The van der Waals surface area contributed by atoms with E-state index >= 15 is 0 Å². The van der Waals surface area contributed by atoms with E-state index in [1.54, 1.807) is 12.1 Å². The highest BCUT2D eigenvalue weighted by Crippen LogP contribution is 2.34. The van der Waals surface area contributed by atoms with Gasteiger partial charge in [-0.05, 0) is 37.1 Å². The maximum atomic E-state index is 12.6. The van der Waals surface area contributed by atoms with Crippen molar-refractivity contribution in [1.82, 2.24) is 15.0 Å². The van der Waals surface area contributed by atoms with Crippen LogP contribution in [-0.4, -0.2) is 28.6 Å². The summed E-state index contributed by atoms with van der Waals surface area (Å²) in [6.07, 6.45) is 0.916. The van der Waals surface area contributed by atoms with Crippen LogP contribution in [0.3, 0.4) is 0 Å². The summed E-state index contributed by atoms with van der Waals surface area (Å²) in [6.45, 7) is 0. The largest absolute Gasteiger partial charge is 0.433 e. The second kappa shape index (κ2) is 6.66.